The van der Waals surface area contributed by atoms with E-state index in [0.717, 1.165) is 15.4 Å². The molecule has 0 unspecified atom stereocenters. The Bertz CT molecular complexity index is 1430. The second-order valence-corrected chi connectivity index (χ2v) is 12.8. The van der Waals surface area contributed by atoms with Gasteiger partial charge in [0.05, 0.1) is 17.2 Å². The molecule has 0 spiro atoms. The van der Waals surface area contributed by atoms with Gasteiger partial charge < -0.3 is 15.0 Å². The van der Waals surface area contributed by atoms with Crippen LogP contribution in [0.25, 0.3) is 0 Å². The molecule has 42 heavy (non-hydrogen) atoms. The minimum absolute atomic E-state index is 0.0188. The molecular weight excluding hydrogens is 574 g/mol. The van der Waals surface area contributed by atoms with Crippen molar-refractivity contribution in [3.8, 4) is 5.75 Å². The summed E-state index contributed by atoms with van der Waals surface area (Å²) in [6.45, 7) is 10.1. The van der Waals surface area contributed by atoms with Gasteiger partial charge >= 0.3 is 0 Å². The molecule has 0 fully saturated rings. The van der Waals surface area contributed by atoms with E-state index in [2.05, 4.69) is 5.32 Å². The van der Waals surface area contributed by atoms with Gasteiger partial charge in [0.1, 0.15) is 18.3 Å². The maximum Gasteiger partial charge on any atom is 0.264 e. The van der Waals surface area contributed by atoms with E-state index in [1.807, 2.05) is 34.6 Å². The zero-order valence-electron chi connectivity index (χ0n) is 24.8. The minimum atomic E-state index is -4.17. The molecule has 0 bridgehead atoms. The number of nitrogens with one attached hydrogen (secondary N) is 1. The van der Waals surface area contributed by atoms with Crippen LogP contribution < -0.4 is 14.4 Å². The molecule has 3 rings (SSSR count). The number of sulfonamides is 1. The summed E-state index contributed by atoms with van der Waals surface area (Å²) in [7, 11) is -4.17. The Labute approximate surface area is 254 Å². The smallest absolute Gasteiger partial charge is 0.264 e. The second kappa shape index (κ2) is 15.1. The molecular formula is C32H40ClN3O5S. The first-order valence-corrected chi connectivity index (χ1v) is 15.9. The maximum absolute atomic E-state index is 14.1. The number of hydrogen-bond acceptors (Lipinski definition) is 5. The van der Waals surface area contributed by atoms with Crippen molar-refractivity contribution in [1.29, 1.82) is 0 Å². The molecule has 1 atom stereocenters. The highest BCUT2D eigenvalue weighted by molar-refractivity contribution is 7.92. The Balaban J connectivity index is 2.03. The third-order valence-corrected chi connectivity index (χ3v) is 8.70. The van der Waals surface area contributed by atoms with E-state index in [-0.39, 0.29) is 23.3 Å². The number of nitrogens with zero attached hydrogens (tertiary/aromatic N) is 2. The number of halogens is 1. The molecule has 226 valence electrons. The van der Waals surface area contributed by atoms with E-state index in [9.17, 15) is 18.0 Å². The largest absolute Gasteiger partial charge is 0.494 e. The molecule has 3 aromatic carbocycles. The van der Waals surface area contributed by atoms with Crippen molar-refractivity contribution in [2.45, 2.75) is 58.5 Å². The number of benzene rings is 3. The number of anilines is 1. The van der Waals surface area contributed by atoms with E-state index in [4.69, 9.17) is 16.3 Å². The summed E-state index contributed by atoms with van der Waals surface area (Å²) in [5.74, 6) is -0.0266. The number of rotatable bonds is 14. The number of hydrogen-bond donors (Lipinski definition) is 1. The van der Waals surface area contributed by atoms with Crippen molar-refractivity contribution in [2.24, 2.45) is 5.92 Å². The number of aryl methyl sites for hydroxylation is 1. The van der Waals surface area contributed by atoms with E-state index in [1.165, 1.54) is 17.0 Å². The lowest BCUT2D eigenvalue weighted by Gasteiger charge is -2.33. The summed E-state index contributed by atoms with van der Waals surface area (Å²) in [5, 5.41) is 3.48. The van der Waals surface area contributed by atoms with Crippen molar-refractivity contribution in [3.63, 3.8) is 0 Å². The zero-order valence-corrected chi connectivity index (χ0v) is 26.4. The lowest BCUT2D eigenvalue weighted by molar-refractivity contribution is -0.140. The number of carbonyl (C=O) groups excluding carboxylic acids is 2. The van der Waals surface area contributed by atoms with Gasteiger partial charge in [-0.05, 0) is 80.3 Å². The van der Waals surface area contributed by atoms with Crippen LogP contribution in [0.15, 0.2) is 77.7 Å². The van der Waals surface area contributed by atoms with Crippen LogP contribution in [-0.2, 0) is 26.2 Å². The molecule has 3 aromatic rings. The number of carbonyl (C=O) groups is 2. The molecule has 0 aliphatic heterocycles. The molecule has 0 aliphatic rings. The quantitative estimate of drug-likeness (QED) is 0.247. The monoisotopic (exact) mass is 613 g/mol. The predicted octanol–water partition coefficient (Wildman–Crippen LogP) is 5.82. The SMILES string of the molecule is CCOc1ccc(S(=O)(=O)N(CC(=O)N(Cc2ccc(Cl)cc2)[C@@H](CC)C(=O)NCC(C)C)c2ccc(C)cc2)cc1. The van der Waals surface area contributed by atoms with Gasteiger partial charge in [0, 0.05) is 18.1 Å². The molecule has 0 radical (unpaired) electrons. The first kappa shape index (κ1) is 32.9. The molecule has 0 saturated heterocycles. The van der Waals surface area contributed by atoms with Crippen molar-refractivity contribution in [1.82, 2.24) is 10.2 Å². The van der Waals surface area contributed by atoms with Crippen LogP contribution in [0.4, 0.5) is 5.69 Å². The first-order chi connectivity index (χ1) is 20.0. The van der Waals surface area contributed by atoms with Crippen LogP contribution in [-0.4, -0.2) is 50.9 Å². The Morgan fingerprint density at radius 3 is 2.10 bits per heavy atom. The third-order valence-electron chi connectivity index (χ3n) is 6.66. The van der Waals surface area contributed by atoms with Gasteiger partial charge in [0.15, 0.2) is 0 Å². The highest BCUT2D eigenvalue weighted by Crippen LogP contribution is 2.27. The summed E-state index contributed by atoms with van der Waals surface area (Å²) in [6, 6.07) is 19.2. The fourth-order valence-electron chi connectivity index (χ4n) is 4.37. The van der Waals surface area contributed by atoms with E-state index in [0.29, 0.717) is 36.0 Å². The number of amides is 2. The fourth-order valence-corrected chi connectivity index (χ4v) is 5.91. The van der Waals surface area contributed by atoms with Gasteiger partial charge in [-0.25, -0.2) is 8.42 Å². The van der Waals surface area contributed by atoms with Crippen molar-refractivity contribution >= 4 is 39.1 Å². The summed E-state index contributed by atoms with van der Waals surface area (Å²) in [4.78, 5) is 28.9. The van der Waals surface area contributed by atoms with Crippen LogP contribution in [0, 0.1) is 12.8 Å². The van der Waals surface area contributed by atoms with Crippen LogP contribution in [0.2, 0.25) is 5.02 Å². The molecule has 0 aromatic heterocycles. The lowest BCUT2D eigenvalue weighted by atomic mass is 10.1. The van der Waals surface area contributed by atoms with E-state index < -0.39 is 28.5 Å². The standard InChI is InChI=1S/C32H40ClN3O5S/c1-6-30(32(38)34-20-23(3)4)35(21-25-10-12-26(33)13-11-25)31(37)22-36(27-14-8-24(5)9-15-27)42(39,40)29-18-16-28(17-19-29)41-7-2/h8-19,23,30H,6-7,20-22H2,1-5H3,(H,34,38)/t30-/m0/s1. The molecule has 0 saturated carbocycles. The van der Waals surface area contributed by atoms with Gasteiger partial charge in [0.25, 0.3) is 10.0 Å². The van der Waals surface area contributed by atoms with Crippen molar-refractivity contribution in [3.05, 3.63) is 88.9 Å². The Morgan fingerprint density at radius 2 is 1.55 bits per heavy atom. The molecule has 8 nitrogen and oxygen atoms in total. The Kier molecular flexibility index (Phi) is 11.8. The second-order valence-electron chi connectivity index (χ2n) is 10.5. The lowest BCUT2D eigenvalue weighted by Crippen LogP contribution is -2.52. The fraction of sp³-hybridized carbons (Fsp3) is 0.375. The summed E-state index contributed by atoms with van der Waals surface area (Å²) in [6.07, 6.45) is 0.347. The molecule has 1 N–H and O–H groups in total. The van der Waals surface area contributed by atoms with Gasteiger partial charge in [-0.2, -0.15) is 0 Å². The third kappa shape index (κ3) is 8.72. The Hall–Kier alpha value is -3.56. The zero-order chi connectivity index (χ0) is 30.9. The number of ether oxygens (including phenoxy) is 1. The first-order valence-electron chi connectivity index (χ1n) is 14.1. The summed E-state index contributed by atoms with van der Waals surface area (Å²) >= 11 is 6.08. The molecule has 0 aliphatic carbocycles. The van der Waals surface area contributed by atoms with E-state index >= 15 is 0 Å². The molecule has 10 heteroatoms. The average molecular weight is 614 g/mol. The normalized spacial score (nSPS) is 12.1. The topological polar surface area (TPSA) is 96.0 Å². The van der Waals surface area contributed by atoms with E-state index in [1.54, 1.807) is 60.7 Å². The van der Waals surface area contributed by atoms with Crippen LogP contribution in [0.3, 0.4) is 0 Å². The average Bonchev–Trinajstić information content (AvgIpc) is 2.96. The minimum Gasteiger partial charge on any atom is -0.494 e. The van der Waals surface area contributed by atoms with Crippen LogP contribution in [0.5, 0.6) is 5.75 Å². The summed E-state index contributed by atoms with van der Waals surface area (Å²) < 4.78 is 34.6. The molecule has 2 amide bonds. The summed E-state index contributed by atoms with van der Waals surface area (Å²) in [5.41, 5.74) is 2.05. The van der Waals surface area contributed by atoms with Crippen molar-refractivity contribution in [2.75, 3.05) is 24.0 Å². The van der Waals surface area contributed by atoms with Crippen molar-refractivity contribution < 1.29 is 22.7 Å². The van der Waals surface area contributed by atoms with Crippen LogP contribution in [0.1, 0.15) is 45.2 Å². The van der Waals surface area contributed by atoms with Gasteiger partial charge in [-0.1, -0.05) is 62.2 Å². The van der Waals surface area contributed by atoms with Gasteiger partial charge in [-0.15, -0.1) is 0 Å². The van der Waals surface area contributed by atoms with Gasteiger partial charge in [0.2, 0.25) is 11.8 Å². The van der Waals surface area contributed by atoms with Crippen LogP contribution >= 0.6 is 11.6 Å². The van der Waals surface area contributed by atoms with Gasteiger partial charge in [-0.3, -0.25) is 13.9 Å². The Morgan fingerprint density at radius 1 is 0.929 bits per heavy atom. The molecule has 0 heterocycles. The maximum atomic E-state index is 14.1. The highest BCUT2D eigenvalue weighted by Gasteiger charge is 2.33. The predicted molar refractivity (Wildman–Crippen MR) is 167 cm³/mol. The highest BCUT2D eigenvalue weighted by atomic mass is 35.5.